The largest absolute Gasteiger partial charge is 0.327 e. The highest BCUT2D eigenvalue weighted by Crippen LogP contribution is 2.32. The first-order valence-electron chi connectivity index (χ1n) is 6.51. The molecular weight excluding hydrogens is 300 g/mol. The lowest BCUT2D eigenvalue weighted by Crippen LogP contribution is -2.00. The van der Waals surface area contributed by atoms with Gasteiger partial charge in [-0.3, -0.25) is 0 Å². The minimum atomic E-state index is 0.556. The number of halogens is 1. The number of rotatable bonds is 1. The molecule has 0 radical (unpaired) electrons. The molecule has 1 aliphatic heterocycles. The summed E-state index contributed by atoms with van der Waals surface area (Å²) < 4.78 is 3.50. The molecule has 1 atom stereocenters. The van der Waals surface area contributed by atoms with E-state index in [-0.39, 0.29) is 0 Å². The van der Waals surface area contributed by atoms with Gasteiger partial charge < -0.3 is 4.57 Å². The Balaban J connectivity index is 1.72. The van der Waals surface area contributed by atoms with Gasteiger partial charge in [0.1, 0.15) is 5.82 Å². The van der Waals surface area contributed by atoms with Crippen molar-refractivity contribution in [2.24, 2.45) is 0 Å². The zero-order chi connectivity index (χ0) is 12.8. The van der Waals surface area contributed by atoms with Crippen LogP contribution in [-0.2, 0) is 13.0 Å². The third kappa shape index (κ3) is 1.80. The fourth-order valence-electron chi connectivity index (χ4n) is 2.95. The highest BCUT2D eigenvalue weighted by molar-refractivity contribution is 9.10. The van der Waals surface area contributed by atoms with Crippen LogP contribution in [0.3, 0.4) is 0 Å². The summed E-state index contributed by atoms with van der Waals surface area (Å²) in [6.07, 6.45) is 1.04. The maximum absolute atomic E-state index is 4.74. The van der Waals surface area contributed by atoms with E-state index in [4.69, 9.17) is 4.98 Å². The van der Waals surface area contributed by atoms with E-state index in [2.05, 4.69) is 69.0 Å². The maximum Gasteiger partial charge on any atom is 0.110 e. The number of fused-ring (bicyclic) bond motifs is 3. The van der Waals surface area contributed by atoms with Crippen LogP contribution in [0, 0.1) is 0 Å². The summed E-state index contributed by atoms with van der Waals surface area (Å²) in [6.45, 7) is 1.04. The van der Waals surface area contributed by atoms with Crippen molar-refractivity contribution in [3.63, 3.8) is 0 Å². The third-order valence-electron chi connectivity index (χ3n) is 3.91. The lowest BCUT2D eigenvalue weighted by molar-refractivity contribution is 0.664. The van der Waals surface area contributed by atoms with Crippen LogP contribution >= 0.6 is 15.9 Å². The van der Waals surface area contributed by atoms with Gasteiger partial charge in [0.05, 0.1) is 11.0 Å². The molecule has 0 amide bonds. The Kier molecular flexibility index (Phi) is 2.49. The van der Waals surface area contributed by atoms with Crippen LogP contribution < -0.4 is 0 Å². The first kappa shape index (κ1) is 11.2. The number of imidazole rings is 1. The molecule has 2 heterocycles. The van der Waals surface area contributed by atoms with Crippen molar-refractivity contribution in [1.82, 2.24) is 9.55 Å². The number of benzene rings is 2. The summed E-state index contributed by atoms with van der Waals surface area (Å²) in [5.74, 6) is 1.77. The van der Waals surface area contributed by atoms with E-state index in [0.29, 0.717) is 5.92 Å². The van der Waals surface area contributed by atoms with Gasteiger partial charge in [-0.05, 0) is 29.8 Å². The normalized spacial score (nSPS) is 17.8. The summed E-state index contributed by atoms with van der Waals surface area (Å²) in [5, 5.41) is 0. The van der Waals surface area contributed by atoms with Gasteiger partial charge in [0.25, 0.3) is 0 Å². The van der Waals surface area contributed by atoms with Gasteiger partial charge in [-0.25, -0.2) is 4.98 Å². The molecule has 1 aliphatic rings. The Morgan fingerprint density at radius 3 is 2.68 bits per heavy atom. The van der Waals surface area contributed by atoms with Crippen LogP contribution in [0.4, 0.5) is 0 Å². The lowest BCUT2D eigenvalue weighted by Gasteiger charge is -2.09. The molecule has 0 aliphatic carbocycles. The van der Waals surface area contributed by atoms with Crippen molar-refractivity contribution >= 4 is 27.0 Å². The minimum Gasteiger partial charge on any atom is -0.327 e. The molecule has 0 N–H and O–H groups in total. The Labute approximate surface area is 120 Å². The molecule has 3 aromatic rings. The van der Waals surface area contributed by atoms with E-state index in [1.54, 1.807) is 0 Å². The molecule has 1 aromatic heterocycles. The second-order valence-corrected chi connectivity index (χ2v) is 6.00. The van der Waals surface area contributed by atoms with Crippen LogP contribution in [0.2, 0.25) is 0 Å². The second-order valence-electron chi connectivity index (χ2n) is 5.08. The smallest absolute Gasteiger partial charge is 0.110 e. The predicted molar refractivity (Wildman–Crippen MR) is 80.3 cm³/mol. The fourth-order valence-corrected chi connectivity index (χ4v) is 3.21. The molecule has 2 aromatic carbocycles. The standard InChI is InChI=1S/C16H13BrN2/c17-13-7-5-11(6-8-13)12-9-16-18-14-3-1-2-4-15(14)19(16)10-12/h1-8,12H,9-10H2/t12-/m0/s1. The quantitative estimate of drug-likeness (QED) is 0.660. The fraction of sp³-hybridized carbons (Fsp3) is 0.188. The third-order valence-corrected chi connectivity index (χ3v) is 4.44. The highest BCUT2D eigenvalue weighted by Gasteiger charge is 2.25. The summed E-state index contributed by atoms with van der Waals surface area (Å²) in [5.41, 5.74) is 3.78. The topological polar surface area (TPSA) is 17.8 Å². The van der Waals surface area contributed by atoms with E-state index >= 15 is 0 Å². The molecule has 0 spiro atoms. The molecule has 3 heteroatoms. The van der Waals surface area contributed by atoms with Crippen molar-refractivity contribution < 1.29 is 0 Å². The van der Waals surface area contributed by atoms with Crippen LogP contribution in [-0.4, -0.2) is 9.55 Å². The number of para-hydroxylation sites is 2. The lowest BCUT2D eigenvalue weighted by atomic mass is 9.98. The maximum atomic E-state index is 4.74. The molecule has 0 bridgehead atoms. The Morgan fingerprint density at radius 2 is 1.84 bits per heavy atom. The van der Waals surface area contributed by atoms with Crippen molar-refractivity contribution in [1.29, 1.82) is 0 Å². The van der Waals surface area contributed by atoms with Gasteiger partial charge in [0.2, 0.25) is 0 Å². The molecule has 2 nitrogen and oxygen atoms in total. The van der Waals surface area contributed by atoms with Gasteiger partial charge >= 0.3 is 0 Å². The SMILES string of the molecule is Brc1ccc([C@H]2Cc3nc4ccccc4n3C2)cc1. The van der Waals surface area contributed by atoms with Gasteiger partial charge in [-0.15, -0.1) is 0 Å². The molecule has 94 valence electrons. The number of aromatic nitrogens is 2. The van der Waals surface area contributed by atoms with Crippen molar-refractivity contribution in [2.75, 3.05) is 0 Å². The first-order valence-corrected chi connectivity index (χ1v) is 7.30. The average molecular weight is 313 g/mol. The van der Waals surface area contributed by atoms with E-state index in [1.165, 1.54) is 16.9 Å². The van der Waals surface area contributed by atoms with Crippen LogP contribution in [0.1, 0.15) is 17.3 Å². The summed E-state index contributed by atoms with van der Waals surface area (Å²) in [7, 11) is 0. The average Bonchev–Trinajstić information content (AvgIpc) is 2.97. The van der Waals surface area contributed by atoms with Crippen molar-refractivity contribution in [2.45, 2.75) is 18.9 Å². The second kappa shape index (κ2) is 4.20. The molecule has 0 fully saturated rings. The Bertz CT molecular complexity index is 743. The number of hydrogen-bond donors (Lipinski definition) is 0. The Hall–Kier alpha value is -1.61. The van der Waals surface area contributed by atoms with Gasteiger partial charge in [0.15, 0.2) is 0 Å². The summed E-state index contributed by atoms with van der Waals surface area (Å²) in [6, 6.07) is 17.1. The van der Waals surface area contributed by atoms with Crippen molar-refractivity contribution in [3.8, 4) is 0 Å². The Morgan fingerprint density at radius 1 is 1.05 bits per heavy atom. The molecule has 0 saturated carbocycles. The van der Waals surface area contributed by atoms with E-state index in [0.717, 1.165) is 23.0 Å². The van der Waals surface area contributed by atoms with Crippen molar-refractivity contribution in [3.05, 3.63) is 64.4 Å². The zero-order valence-corrected chi connectivity index (χ0v) is 12.0. The number of hydrogen-bond acceptors (Lipinski definition) is 1. The number of nitrogens with zero attached hydrogens (tertiary/aromatic N) is 2. The van der Waals surface area contributed by atoms with Crippen LogP contribution in [0.5, 0.6) is 0 Å². The summed E-state index contributed by atoms with van der Waals surface area (Å²) >= 11 is 3.49. The van der Waals surface area contributed by atoms with E-state index < -0.39 is 0 Å². The van der Waals surface area contributed by atoms with Crippen LogP contribution in [0.25, 0.3) is 11.0 Å². The summed E-state index contributed by atoms with van der Waals surface area (Å²) in [4.78, 5) is 4.74. The molecule has 0 unspecified atom stereocenters. The monoisotopic (exact) mass is 312 g/mol. The van der Waals surface area contributed by atoms with Gasteiger partial charge in [-0.1, -0.05) is 40.2 Å². The van der Waals surface area contributed by atoms with E-state index in [9.17, 15) is 0 Å². The first-order chi connectivity index (χ1) is 9.31. The van der Waals surface area contributed by atoms with Gasteiger partial charge in [-0.2, -0.15) is 0 Å². The molecule has 19 heavy (non-hydrogen) atoms. The molecular formula is C16H13BrN2. The predicted octanol–water partition coefficient (Wildman–Crippen LogP) is 4.14. The van der Waals surface area contributed by atoms with Gasteiger partial charge in [0, 0.05) is 23.4 Å². The highest BCUT2D eigenvalue weighted by atomic mass is 79.9. The molecule has 0 saturated heterocycles. The zero-order valence-electron chi connectivity index (χ0n) is 10.4. The van der Waals surface area contributed by atoms with Crippen LogP contribution in [0.15, 0.2) is 53.0 Å². The molecule has 4 rings (SSSR count). The minimum absolute atomic E-state index is 0.556. The van der Waals surface area contributed by atoms with E-state index in [1.807, 2.05) is 0 Å².